The molecule has 1 unspecified atom stereocenters. The summed E-state index contributed by atoms with van der Waals surface area (Å²) in [5, 5.41) is 11.1. The Morgan fingerprint density at radius 3 is 2.50 bits per heavy atom. The average molecular weight is 412 g/mol. The van der Waals surface area contributed by atoms with Crippen molar-refractivity contribution in [3.63, 3.8) is 0 Å². The van der Waals surface area contributed by atoms with E-state index in [0.717, 1.165) is 16.5 Å². The van der Waals surface area contributed by atoms with Gasteiger partial charge in [-0.3, -0.25) is 4.90 Å². The average Bonchev–Trinajstić information content (AvgIpc) is 3.05. The van der Waals surface area contributed by atoms with E-state index in [9.17, 15) is 14.7 Å². The number of aliphatic carboxylic acids is 1. The van der Waals surface area contributed by atoms with Gasteiger partial charge in [-0.1, -0.05) is 45.9 Å². The van der Waals surface area contributed by atoms with Crippen molar-refractivity contribution in [3.8, 4) is 0 Å². The number of urea groups is 1. The Labute approximate surface area is 176 Å². The van der Waals surface area contributed by atoms with Crippen molar-refractivity contribution in [1.29, 1.82) is 0 Å². The molecule has 2 N–H and O–H groups in total. The molecule has 0 saturated carbocycles. The van der Waals surface area contributed by atoms with Gasteiger partial charge in [-0.2, -0.15) is 0 Å². The predicted octanol–water partition coefficient (Wildman–Crippen LogP) is 3.66. The number of carbonyl (C=O) groups excluding carboxylic acids is 1. The van der Waals surface area contributed by atoms with E-state index in [1.165, 1.54) is 6.20 Å². The Hall–Kier alpha value is -2.80. The fraction of sp³-hybridized carbons (Fsp3) is 0.478. The Morgan fingerprint density at radius 2 is 1.87 bits per heavy atom. The van der Waals surface area contributed by atoms with Crippen LogP contribution in [0.5, 0.6) is 0 Å². The number of fused-ring (bicyclic) bond motifs is 3. The lowest BCUT2D eigenvalue weighted by Crippen LogP contribution is -2.55. The Balaban J connectivity index is 1.95. The topological polar surface area (TPSA) is 85.9 Å². The minimum Gasteiger partial charge on any atom is -0.478 e. The van der Waals surface area contributed by atoms with Gasteiger partial charge >= 0.3 is 12.0 Å². The highest BCUT2D eigenvalue weighted by Gasteiger charge is 2.46. The molecule has 7 heteroatoms. The van der Waals surface area contributed by atoms with Crippen LogP contribution in [0.3, 0.4) is 0 Å². The molecule has 7 nitrogen and oxygen atoms in total. The number of nitrogens with one attached hydrogen (secondary N) is 1. The van der Waals surface area contributed by atoms with Crippen molar-refractivity contribution in [2.45, 2.75) is 39.2 Å². The van der Waals surface area contributed by atoms with Crippen LogP contribution in [-0.4, -0.2) is 64.2 Å². The Kier molecular flexibility index (Phi) is 5.10. The van der Waals surface area contributed by atoms with E-state index < -0.39 is 11.4 Å². The lowest BCUT2D eigenvalue weighted by Gasteiger charge is -2.44. The summed E-state index contributed by atoms with van der Waals surface area (Å²) in [5.74, 6) is -0.946. The second-order valence-corrected chi connectivity index (χ2v) is 8.97. The van der Waals surface area contributed by atoms with Gasteiger partial charge in [0.1, 0.15) is 0 Å². The molecule has 1 atom stereocenters. The summed E-state index contributed by atoms with van der Waals surface area (Å²) in [6, 6.07) is 7.48. The number of aromatic nitrogens is 1. The largest absolute Gasteiger partial charge is 0.478 e. The Bertz CT molecular complexity index is 1010. The molecule has 3 heterocycles. The molecule has 2 amide bonds. The molecule has 2 aliphatic heterocycles. The van der Waals surface area contributed by atoms with Crippen LogP contribution in [0, 0.1) is 5.92 Å². The maximum Gasteiger partial charge on any atom is 0.339 e. The minimum absolute atomic E-state index is 0.107. The van der Waals surface area contributed by atoms with E-state index in [4.69, 9.17) is 4.74 Å². The number of ether oxygens (including phenoxy) is 1. The zero-order valence-electron chi connectivity index (χ0n) is 17.9. The molecule has 2 aromatic rings. The molecular weight excluding hydrogens is 382 g/mol. The van der Waals surface area contributed by atoms with Gasteiger partial charge in [0.15, 0.2) is 0 Å². The highest BCUT2D eigenvalue weighted by atomic mass is 16.5. The van der Waals surface area contributed by atoms with Crippen LogP contribution < -0.4 is 0 Å². The number of H-pyrrole nitrogens is 1. The number of nitrogens with zero attached hydrogens (tertiary/aromatic N) is 2. The summed E-state index contributed by atoms with van der Waals surface area (Å²) >= 11 is 0. The molecule has 0 bridgehead atoms. The van der Waals surface area contributed by atoms with Crippen LogP contribution in [-0.2, 0) is 14.9 Å². The first-order chi connectivity index (χ1) is 14.2. The van der Waals surface area contributed by atoms with Crippen LogP contribution in [0.25, 0.3) is 16.5 Å². The summed E-state index contributed by atoms with van der Waals surface area (Å²) in [6.07, 6.45) is 1.54. The van der Waals surface area contributed by atoms with Crippen LogP contribution in [0.2, 0.25) is 0 Å². The quantitative estimate of drug-likeness (QED) is 0.790. The standard InChI is InChI=1S/C23H29N3O4/c1-14(2)20-23(3,4)18-15-7-5-6-8-17(15)24-19(18)16(21(27)28)13-26(20)22(29)25-9-11-30-12-10-25/h5-8,13-14,20,24H,9-12H2,1-4H3,(H,27,28). The normalized spacial score (nSPS) is 21.4. The fourth-order valence-electron chi connectivity index (χ4n) is 5.20. The lowest BCUT2D eigenvalue weighted by atomic mass is 9.72. The number of para-hydroxylation sites is 1. The first kappa shape index (κ1) is 20.5. The third-order valence-electron chi connectivity index (χ3n) is 6.29. The molecule has 4 rings (SSSR count). The minimum atomic E-state index is -1.05. The number of carboxylic acids is 1. The van der Waals surface area contributed by atoms with Crippen molar-refractivity contribution < 1.29 is 19.4 Å². The molecule has 1 aromatic heterocycles. The summed E-state index contributed by atoms with van der Waals surface area (Å²) in [7, 11) is 0. The highest BCUT2D eigenvalue weighted by molar-refractivity contribution is 6.17. The number of amides is 2. The summed E-state index contributed by atoms with van der Waals surface area (Å²) in [4.78, 5) is 32.6. The smallest absolute Gasteiger partial charge is 0.339 e. The van der Waals surface area contributed by atoms with E-state index in [1.54, 1.807) is 9.80 Å². The molecular formula is C23H29N3O4. The summed E-state index contributed by atoms with van der Waals surface area (Å²) in [6.45, 7) is 10.4. The van der Waals surface area contributed by atoms with Crippen molar-refractivity contribution in [2.75, 3.05) is 26.3 Å². The molecule has 30 heavy (non-hydrogen) atoms. The van der Waals surface area contributed by atoms with Crippen LogP contribution >= 0.6 is 0 Å². The van der Waals surface area contributed by atoms with Gasteiger partial charge < -0.3 is 19.7 Å². The van der Waals surface area contributed by atoms with Crippen molar-refractivity contribution in [2.24, 2.45) is 5.92 Å². The molecule has 1 fully saturated rings. The van der Waals surface area contributed by atoms with E-state index in [1.807, 2.05) is 24.3 Å². The number of rotatable bonds is 2. The van der Waals surface area contributed by atoms with Crippen molar-refractivity contribution >= 4 is 28.5 Å². The molecule has 0 spiro atoms. The van der Waals surface area contributed by atoms with Crippen molar-refractivity contribution in [1.82, 2.24) is 14.8 Å². The zero-order valence-corrected chi connectivity index (χ0v) is 17.9. The third-order valence-corrected chi connectivity index (χ3v) is 6.29. The van der Waals surface area contributed by atoms with Gasteiger partial charge in [-0.05, 0) is 17.5 Å². The number of benzene rings is 1. The van der Waals surface area contributed by atoms with Crippen LogP contribution in [0.4, 0.5) is 4.79 Å². The summed E-state index contributed by atoms with van der Waals surface area (Å²) < 4.78 is 5.40. The highest BCUT2D eigenvalue weighted by Crippen LogP contribution is 2.45. The second kappa shape index (κ2) is 7.47. The van der Waals surface area contributed by atoms with Gasteiger partial charge in [-0.15, -0.1) is 0 Å². The molecule has 160 valence electrons. The van der Waals surface area contributed by atoms with Gasteiger partial charge in [0.2, 0.25) is 0 Å². The van der Waals surface area contributed by atoms with Crippen LogP contribution in [0.15, 0.2) is 30.5 Å². The predicted molar refractivity (Wildman–Crippen MR) is 115 cm³/mol. The number of carbonyl (C=O) groups is 2. The Morgan fingerprint density at radius 1 is 1.20 bits per heavy atom. The number of aromatic amines is 1. The monoisotopic (exact) mass is 411 g/mol. The second-order valence-electron chi connectivity index (χ2n) is 8.97. The molecule has 0 radical (unpaired) electrons. The van der Waals surface area contributed by atoms with E-state index >= 15 is 0 Å². The van der Waals surface area contributed by atoms with Gasteiger partial charge in [0.25, 0.3) is 0 Å². The SMILES string of the molecule is CC(C)C1N(C(=O)N2CCOCC2)C=C(C(=O)O)c2[nH]c3ccccc3c2C1(C)C. The zero-order chi connectivity index (χ0) is 21.6. The van der Waals surface area contributed by atoms with Gasteiger partial charge in [0, 0.05) is 41.6 Å². The van der Waals surface area contributed by atoms with E-state index in [2.05, 4.69) is 32.7 Å². The maximum atomic E-state index is 13.6. The lowest BCUT2D eigenvalue weighted by molar-refractivity contribution is -0.130. The number of hydrogen-bond acceptors (Lipinski definition) is 3. The van der Waals surface area contributed by atoms with Gasteiger partial charge in [0.05, 0.1) is 24.5 Å². The molecule has 0 aliphatic carbocycles. The molecule has 2 aliphatic rings. The first-order valence-electron chi connectivity index (χ1n) is 10.4. The summed E-state index contributed by atoms with van der Waals surface area (Å²) in [5.41, 5.74) is 2.05. The maximum absolute atomic E-state index is 13.6. The molecule has 1 saturated heterocycles. The first-order valence-corrected chi connectivity index (χ1v) is 10.4. The van der Waals surface area contributed by atoms with Crippen LogP contribution in [0.1, 0.15) is 39.0 Å². The fourth-order valence-corrected chi connectivity index (χ4v) is 5.20. The van der Waals surface area contributed by atoms with Crippen molar-refractivity contribution in [3.05, 3.63) is 41.7 Å². The third kappa shape index (κ3) is 3.17. The van der Waals surface area contributed by atoms with Gasteiger partial charge in [-0.25, -0.2) is 9.59 Å². The number of hydrogen-bond donors (Lipinski definition) is 2. The van der Waals surface area contributed by atoms with E-state index in [-0.39, 0.29) is 23.6 Å². The molecule has 1 aromatic carbocycles. The number of carboxylic acid groups (broad SMARTS) is 1. The van der Waals surface area contributed by atoms with E-state index in [0.29, 0.717) is 32.0 Å². The number of morpholine rings is 1.